The van der Waals surface area contributed by atoms with Crippen LogP contribution in [0.5, 0.6) is 0 Å². The highest BCUT2D eigenvalue weighted by atomic mass is 32.2. The molecule has 1 heterocycles. The third kappa shape index (κ3) is 1.69. The summed E-state index contributed by atoms with van der Waals surface area (Å²) in [6.45, 7) is 5.19. The van der Waals surface area contributed by atoms with E-state index < -0.39 is 0 Å². The topological polar surface area (TPSA) is 3.24 Å². The number of thioether (sulfide) groups is 1. The molecule has 0 bridgehead atoms. The summed E-state index contributed by atoms with van der Waals surface area (Å²) in [5, 5.41) is 0.823. The molecule has 1 aliphatic rings. The third-order valence-electron chi connectivity index (χ3n) is 2.12. The van der Waals surface area contributed by atoms with Crippen molar-refractivity contribution in [3.05, 3.63) is 12.3 Å². The Morgan fingerprint density at radius 1 is 1.70 bits per heavy atom. The molecule has 1 fully saturated rings. The minimum Gasteiger partial charge on any atom is -0.378 e. The number of hydrogen-bond donors (Lipinski definition) is 0. The highest BCUT2D eigenvalue weighted by molar-refractivity contribution is 7.99. The van der Waals surface area contributed by atoms with E-state index in [-0.39, 0.29) is 0 Å². The summed E-state index contributed by atoms with van der Waals surface area (Å²) < 4.78 is 0. The van der Waals surface area contributed by atoms with E-state index >= 15 is 0 Å². The summed E-state index contributed by atoms with van der Waals surface area (Å²) in [6.07, 6.45) is 4.68. The van der Waals surface area contributed by atoms with E-state index in [0.717, 1.165) is 5.25 Å². The molecule has 1 nitrogen and oxygen atoms in total. The lowest BCUT2D eigenvalue weighted by Gasteiger charge is -2.31. The van der Waals surface area contributed by atoms with Gasteiger partial charge in [-0.05, 0) is 19.1 Å². The van der Waals surface area contributed by atoms with Crippen LogP contribution in [0.1, 0.15) is 12.8 Å². The first kappa shape index (κ1) is 7.99. The maximum Gasteiger partial charge on any atom is 0.0182 e. The van der Waals surface area contributed by atoms with Crippen LogP contribution in [0.3, 0.4) is 0 Å². The smallest absolute Gasteiger partial charge is 0.0182 e. The zero-order valence-corrected chi connectivity index (χ0v) is 7.58. The molecule has 0 saturated carbocycles. The van der Waals surface area contributed by atoms with E-state index in [1.54, 1.807) is 0 Å². The Morgan fingerprint density at radius 2 is 2.40 bits per heavy atom. The third-order valence-corrected chi connectivity index (χ3v) is 3.19. The molecule has 0 radical (unpaired) electrons. The molecule has 0 aromatic rings. The number of likely N-dealkylation sites (tertiary alicyclic amines) is 1. The van der Waals surface area contributed by atoms with Crippen molar-refractivity contribution < 1.29 is 0 Å². The molecule has 1 saturated heterocycles. The maximum atomic E-state index is 4.01. The van der Waals surface area contributed by atoms with E-state index in [9.17, 15) is 0 Å². The van der Waals surface area contributed by atoms with Gasteiger partial charge < -0.3 is 4.90 Å². The molecular weight excluding hydrogens is 142 g/mol. The van der Waals surface area contributed by atoms with Crippen LogP contribution in [0.25, 0.3) is 0 Å². The first-order valence-electron chi connectivity index (χ1n) is 3.65. The van der Waals surface area contributed by atoms with Gasteiger partial charge in [0.1, 0.15) is 0 Å². The summed E-state index contributed by atoms with van der Waals surface area (Å²) in [5.41, 5.74) is 1.30. The number of hydrogen-bond acceptors (Lipinski definition) is 2. The lowest BCUT2D eigenvalue weighted by Crippen LogP contribution is -2.28. The van der Waals surface area contributed by atoms with Crippen LogP contribution in [0.4, 0.5) is 0 Å². The van der Waals surface area contributed by atoms with Gasteiger partial charge in [0.05, 0.1) is 0 Å². The molecule has 0 N–H and O–H groups in total. The molecule has 1 atom stereocenters. The second-order valence-corrected chi connectivity index (χ2v) is 3.98. The van der Waals surface area contributed by atoms with E-state index in [1.165, 1.54) is 25.1 Å². The minimum atomic E-state index is 0.823. The van der Waals surface area contributed by atoms with E-state index in [1.807, 2.05) is 11.8 Å². The van der Waals surface area contributed by atoms with Crippen molar-refractivity contribution in [3.8, 4) is 0 Å². The van der Waals surface area contributed by atoms with Crippen molar-refractivity contribution in [2.24, 2.45) is 0 Å². The van der Waals surface area contributed by atoms with E-state index in [0.29, 0.717) is 0 Å². The normalized spacial score (nSPS) is 27.2. The largest absolute Gasteiger partial charge is 0.378 e. The van der Waals surface area contributed by atoms with Gasteiger partial charge in [-0.25, -0.2) is 0 Å². The van der Waals surface area contributed by atoms with Crippen molar-refractivity contribution in [2.75, 3.05) is 19.8 Å². The Bertz CT molecular complexity index is 133. The van der Waals surface area contributed by atoms with Crippen molar-refractivity contribution in [3.63, 3.8) is 0 Å². The average Bonchev–Trinajstić information content (AvgIpc) is 1.95. The molecule has 0 aliphatic carbocycles. The summed E-state index contributed by atoms with van der Waals surface area (Å²) >= 11 is 1.96. The molecule has 0 spiro atoms. The fraction of sp³-hybridized carbons (Fsp3) is 0.750. The van der Waals surface area contributed by atoms with Gasteiger partial charge in [0.25, 0.3) is 0 Å². The number of piperidine rings is 1. The van der Waals surface area contributed by atoms with Crippen LogP contribution >= 0.6 is 11.8 Å². The van der Waals surface area contributed by atoms with Crippen LogP contribution < -0.4 is 0 Å². The Kier molecular flexibility index (Phi) is 2.66. The lowest BCUT2D eigenvalue weighted by atomic mass is 10.1. The first-order chi connectivity index (χ1) is 4.74. The van der Waals surface area contributed by atoms with Crippen molar-refractivity contribution in [2.45, 2.75) is 18.1 Å². The average molecular weight is 157 g/mol. The molecule has 0 aromatic carbocycles. The van der Waals surface area contributed by atoms with Gasteiger partial charge in [-0.2, -0.15) is 11.8 Å². The molecule has 1 rings (SSSR count). The zero-order chi connectivity index (χ0) is 7.56. The van der Waals surface area contributed by atoms with E-state index in [2.05, 4.69) is 24.8 Å². The van der Waals surface area contributed by atoms with Gasteiger partial charge in [-0.3, -0.25) is 0 Å². The fourth-order valence-electron chi connectivity index (χ4n) is 1.22. The Hall–Kier alpha value is -0.110. The van der Waals surface area contributed by atoms with Crippen LogP contribution in [-0.2, 0) is 0 Å². The number of nitrogens with zero attached hydrogens (tertiary/aromatic N) is 1. The molecule has 10 heavy (non-hydrogen) atoms. The van der Waals surface area contributed by atoms with Gasteiger partial charge in [0.2, 0.25) is 0 Å². The Balaban J connectivity index is 2.41. The van der Waals surface area contributed by atoms with Gasteiger partial charge in [0.15, 0.2) is 0 Å². The van der Waals surface area contributed by atoms with Crippen LogP contribution in [0.15, 0.2) is 12.3 Å². The van der Waals surface area contributed by atoms with Gasteiger partial charge >= 0.3 is 0 Å². The lowest BCUT2D eigenvalue weighted by molar-refractivity contribution is 0.352. The quantitative estimate of drug-likeness (QED) is 0.572. The van der Waals surface area contributed by atoms with Crippen molar-refractivity contribution in [1.29, 1.82) is 0 Å². The summed E-state index contributed by atoms with van der Waals surface area (Å²) in [4.78, 5) is 2.26. The summed E-state index contributed by atoms with van der Waals surface area (Å²) in [5.74, 6) is 0. The molecule has 0 amide bonds. The van der Waals surface area contributed by atoms with Gasteiger partial charge in [-0.15, -0.1) is 0 Å². The molecular formula is C8H15NS. The minimum absolute atomic E-state index is 0.823. The number of allylic oxidation sites excluding steroid dienone is 1. The highest BCUT2D eigenvalue weighted by Crippen LogP contribution is 2.25. The summed E-state index contributed by atoms with van der Waals surface area (Å²) in [7, 11) is 2.12. The maximum absolute atomic E-state index is 4.01. The van der Waals surface area contributed by atoms with Gasteiger partial charge in [0, 0.05) is 24.5 Å². The van der Waals surface area contributed by atoms with Crippen molar-refractivity contribution >= 4 is 11.8 Å². The van der Waals surface area contributed by atoms with E-state index in [4.69, 9.17) is 0 Å². The molecule has 1 unspecified atom stereocenters. The van der Waals surface area contributed by atoms with Crippen molar-refractivity contribution in [1.82, 2.24) is 4.90 Å². The van der Waals surface area contributed by atoms with Gasteiger partial charge in [-0.1, -0.05) is 6.58 Å². The Morgan fingerprint density at radius 3 is 2.90 bits per heavy atom. The van der Waals surface area contributed by atoms with Crippen LogP contribution in [0.2, 0.25) is 0 Å². The zero-order valence-electron chi connectivity index (χ0n) is 6.76. The second kappa shape index (κ2) is 3.33. The highest BCUT2D eigenvalue weighted by Gasteiger charge is 2.17. The van der Waals surface area contributed by atoms with Crippen LogP contribution in [-0.4, -0.2) is 30.0 Å². The summed E-state index contributed by atoms with van der Waals surface area (Å²) in [6, 6.07) is 0. The first-order valence-corrected chi connectivity index (χ1v) is 4.94. The monoisotopic (exact) mass is 157 g/mol. The molecule has 2 heteroatoms. The van der Waals surface area contributed by atoms with Crippen LogP contribution in [0, 0.1) is 0 Å². The number of rotatable bonds is 1. The molecule has 0 aromatic heterocycles. The molecule has 58 valence electrons. The fourth-order valence-corrected chi connectivity index (χ4v) is 1.92. The SMILES string of the molecule is C=C1CC(SC)CCN1C. The predicted octanol–water partition coefficient (Wildman–Crippen LogP) is 1.96. The predicted molar refractivity (Wildman–Crippen MR) is 48.3 cm³/mol. The second-order valence-electron chi connectivity index (χ2n) is 2.84. The molecule has 1 aliphatic heterocycles. The Labute approximate surface area is 67.5 Å². The standard InChI is InChI=1S/C8H15NS/c1-7-6-8(10-3)4-5-9(7)2/h8H,1,4-6H2,2-3H3.